The first-order valence-corrected chi connectivity index (χ1v) is 6.60. The van der Waals surface area contributed by atoms with Crippen LogP contribution in [0.15, 0.2) is 29.4 Å². The van der Waals surface area contributed by atoms with Crippen molar-refractivity contribution < 1.29 is 0 Å². The van der Waals surface area contributed by atoms with Crippen LogP contribution in [0.1, 0.15) is 33.6 Å². The van der Waals surface area contributed by atoms with Crippen molar-refractivity contribution in [1.82, 2.24) is 4.98 Å². The number of hydrogen-bond acceptors (Lipinski definition) is 2. The molecule has 0 radical (unpaired) electrons. The molecule has 98 valence electrons. The summed E-state index contributed by atoms with van der Waals surface area (Å²) in [4.78, 5) is 8.74. The summed E-state index contributed by atoms with van der Waals surface area (Å²) in [6, 6.07) is 6.04. The largest absolute Gasteiger partial charge is 0.370 e. The summed E-state index contributed by atoms with van der Waals surface area (Å²) in [5.41, 5.74) is 6.28. The van der Waals surface area contributed by atoms with E-state index in [-0.39, 0.29) is 0 Å². The molecule has 0 amide bonds. The van der Waals surface area contributed by atoms with Crippen molar-refractivity contribution in [2.75, 3.05) is 5.32 Å². The van der Waals surface area contributed by atoms with Crippen LogP contribution in [-0.2, 0) is 0 Å². The maximum atomic E-state index is 5.92. The number of aliphatic imine (C=N–C) groups is 1. The second kappa shape index (κ2) is 4.96. The van der Waals surface area contributed by atoms with Gasteiger partial charge in [0.15, 0.2) is 5.96 Å². The highest BCUT2D eigenvalue weighted by molar-refractivity contribution is 5.91. The number of nitrogens with one attached hydrogen (secondary N) is 1. The van der Waals surface area contributed by atoms with Gasteiger partial charge in [-0.1, -0.05) is 26.8 Å². The van der Waals surface area contributed by atoms with E-state index in [4.69, 9.17) is 5.73 Å². The van der Waals surface area contributed by atoms with Crippen LogP contribution in [0, 0.1) is 11.3 Å². The van der Waals surface area contributed by atoms with E-state index in [1.165, 1.54) is 0 Å². The standard InChI is InChI=1S/C14H22N4/c1-4-14(10(2)3)9-11(14)17-13(15)18-12-7-5-6-8-16-12/h5-8,10-11H,4,9H2,1-3H3,(H3,15,16,17,18). The molecule has 0 aromatic carbocycles. The quantitative estimate of drug-likeness (QED) is 0.634. The third-order valence-electron chi connectivity index (χ3n) is 4.10. The number of hydrogen-bond donors (Lipinski definition) is 2. The number of pyridine rings is 1. The van der Waals surface area contributed by atoms with Crippen molar-refractivity contribution in [3.8, 4) is 0 Å². The zero-order valence-electron chi connectivity index (χ0n) is 11.4. The van der Waals surface area contributed by atoms with Crippen LogP contribution in [0.25, 0.3) is 0 Å². The molecule has 1 aliphatic rings. The first-order valence-electron chi connectivity index (χ1n) is 6.60. The molecule has 0 bridgehead atoms. The van der Waals surface area contributed by atoms with Gasteiger partial charge in [-0.3, -0.25) is 0 Å². The van der Waals surface area contributed by atoms with Gasteiger partial charge in [0.1, 0.15) is 5.82 Å². The molecule has 3 N–H and O–H groups in total. The van der Waals surface area contributed by atoms with Crippen molar-refractivity contribution in [2.24, 2.45) is 22.1 Å². The van der Waals surface area contributed by atoms with Gasteiger partial charge in [-0.05, 0) is 36.3 Å². The van der Waals surface area contributed by atoms with E-state index >= 15 is 0 Å². The third kappa shape index (κ3) is 2.47. The number of rotatable bonds is 4. The number of nitrogens with zero attached hydrogens (tertiary/aromatic N) is 2. The molecule has 4 heteroatoms. The summed E-state index contributed by atoms with van der Waals surface area (Å²) >= 11 is 0. The van der Waals surface area contributed by atoms with Gasteiger partial charge in [0, 0.05) is 6.20 Å². The molecule has 1 fully saturated rings. The van der Waals surface area contributed by atoms with Gasteiger partial charge in [-0.25, -0.2) is 9.98 Å². The van der Waals surface area contributed by atoms with Crippen molar-refractivity contribution in [2.45, 2.75) is 39.7 Å². The first kappa shape index (κ1) is 12.9. The average molecular weight is 246 g/mol. The Kier molecular flexibility index (Phi) is 3.55. The van der Waals surface area contributed by atoms with E-state index in [1.807, 2.05) is 18.2 Å². The van der Waals surface area contributed by atoms with Crippen LogP contribution in [0.2, 0.25) is 0 Å². The van der Waals surface area contributed by atoms with E-state index in [1.54, 1.807) is 6.20 Å². The van der Waals surface area contributed by atoms with Crippen LogP contribution in [0.3, 0.4) is 0 Å². The Balaban J connectivity index is 1.99. The lowest BCUT2D eigenvalue weighted by atomic mass is 9.89. The van der Waals surface area contributed by atoms with Gasteiger partial charge in [0.25, 0.3) is 0 Å². The molecule has 0 spiro atoms. The molecule has 2 atom stereocenters. The minimum Gasteiger partial charge on any atom is -0.370 e. The summed E-state index contributed by atoms with van der Waals surface area (Å²) in [7, 11) is 0. The smallest absolute Gasteiger partial charge is 0.194 e. The Labute approximate surface area is 109 Å². The van der Waals surface area contributed by atoms with Crippen molar-refractivity contribution in [1.29, 1.82) is 0 Å². The predicted octanol–water partition coefficient (Wildman–Crippen LogP) is 2.63. The van der Waals surface area contributed by atoms with Crippen molar-refractivity contribution in [3.05, 3.63) is 24.4 Å². The van der Waals surface area contributed by atoms with E-state index in [0.717, 1.165) is 18.7 Å². The minimum atomic E-state index is 0.358. The maximum absolute atomic E-state index is 5.92. The van der Waals surface area contributed by atoms with Gasteiger partial charge >= 0.3 is 0 Å². The first-order chi connectivity index (χ1) is 8.58. The number of guanidine groups is 1. The van der Waals surface area contributed by atoms with Crippen LogP contribution in [0.4, 0.5) is 5.82 Å². The van der Waals surface area contributed by atoms with Crippen LogP contribution in [0.5, 0.6) is 0 Å². The fraction of sp³-hybridized carbons (Fsp3) is 0.571. The minimum absolute atomic E-state index is 0.358. The summed E-state index contributed by atoms with van der Waals surface area (Å²) < 4.78 is 0. The highest BCUT2D eigenvalue weighted by Gasteiger charge is 2.54. The molecule has 1 heterocycles. The van der Waals surface area contributed by atoms with E-state index in [2.05, 4.69) is 36.1 Å². The Morgan fingerprint density at radius 3 is 2.89 bits per heavy atom. The van der Waals surface area contributed by atoms with Crippen LogP contribution >= 0.6 is 0 Å². The van der Waals surface area contributed by atoms with Gasteiger partial charge in [0.2, 0.25) is 0 Å². The Morgan fingerprint density at radius 1 is 1.61 bits per heavy atom. The molecule has 0 aliphatic heterocycles. The second-order valence-corrected chi connectivity index (χ2v) is 5.32. The molecular formula is C14H22N4. The number of anilines is 1. The summed E-state index contributed by atoms with van der Waals surface area (Å²) in [5.74, 6) is 1.86. The fourth-order valence-corrected chi connectivity index (χ4v) is 2.65. The van der Waals surface area contributed by atoms with Crippen molar-refractivity contribution >= 4 is 11.8 Å². The number of nitrogens with two attached hydrogens (primary N) is 1. The van der Waals surface area contributed by atoms with Gasteiger partial charge in [-0.15, -0.1) is 0 Å². The fourth-order valence-electron chi connectivity index (χ4n) is 2.65. The van der Waals surface area contributed by atoms with E-state index < -0.39 is 0 Å². The lowest BCUT2D eigenvalue weighted by Crippen LogP contribution is -2.25. The number of aromatic nitrogens is 1. The summed E-state index contributed by atoms with van der Waals surface area (Å²) in [6.07, 6.45) is 4.04. The maximum Gasteiger partial charge on any atom is 0.194 e. The molecule has 2 rings (SSSR count). The molecule has 1 aromatic heterocycles. The summed E-state index contributed by atoms with van der Waals surface area (Å²) in [5, 5.41) is 3.03. The molecule has 4 nitrogen and oxygen atoms in total. The Hall–Kier alpha value is -1.58. The van der Waals surface area contributed by atoms with E-state index in [9.17, 15) is 0 Å². The highest BCUT2D eigenvalue weighted by atomic mass is 15.2. The molecule has 0 saturated heterocycles. The molecule has 2 unspecified atom stereocenters. The molecule has 1 aliphatic carbocycles. The average Bonchev–Trinajstić information content (AvgIpc) is 3.05. The Bertz CT molecular complexity index is 427. The predicted molar refractivity (Wildman–Crippen MR) is 75.4 cm³/mol. The third-order valence-corrected chi connectivity index (χ3v) is 4.10. The van der Waals surface area contributed by atoms with E-state index in [0.29, 0.717) is 23.3 Å². The van der Waals surface area contributed by atoms with Crippen LogP contribution < -0.4 is 11.1 Å². The molecule has 1 saturated carbocycles. The molecule has 18 heavy (non-hydrogen) atoms. The topological polar surface area (TPSA) is 63.3 Å². The van der Waals surface area contributed by atoms with Gasteiger partial charge in [-0.2, -0.15) is 0 Å². The summed E-state index contributed by atoms with van der Waals surface area (Å²) in [6.45, 7) is 6.76. The normalized spacial score (nSPS) is 27.3. The molecular weight excluding hydrogens is 224 g/mol. The van der Waals surface area contributed by atoms with Gasteiger partial charge in [0.05, 0.1) is 6.04 Å². The SMILES string of the molecule is CCC1(C(C)C)CC1N=C(N)Nc1ccccn1. The highest BCUT2D eigenvalue weighted by Crippen LogP contribution is 2.56. The zero-order chi connectivity index (χ0) is 13.2. The molecule has 1 aromatic rings. The van der Waals surface area contributed by atoms with Crippen molar-refractivity contribution in [3.63, 3.8) is 0 Å². The van der Waals surface area contributed by atoms with Gasteiger partial charge < -0.3 is 11.1 Å². The lowest BCUT2D eigenvalue weighted by molar-refractivity contribution is 0.335. The zero-order valence-corrected chi connectivity index (χ0v) is 11.4. The Morgan fingerprint density at radius 2 is 2.39 bits per heavy atom. The lowest BCUT2D eigenvalue weighted by Gasteiger charge is -2.18. The monoisotopic (exact) mass is 246 g/mol. The van der Waals surface area contributed by atoms with Crippen LogP contribution in [-0.4, -0.2) is 17.0 Å². The second-order valence-electron chi connectivity index (χ2n) is 5.32.